The minimum atomic E-state index is -2.23. The fourth-order valence-electron chi connectivity index (χ4n) is 17.2. The van der Waals surface area contributed by atoms with E-state index in [-0.39, 0.29) is 57.6 Å². The van der Waals surface area contributed by atoms with Gasteiger partial charge in [0, 0.05) is 57.8 Å². The summed E-state index contributed by atoms with van der Waals surface area (Å²) in [6.45, 7) is -3.06. The number of hydrogen-bond donors (Lipinski definition) is 23. The van der Waals surface area contributed by atoms with Gasteiger partial charge in [0.2, 0.25) is 0 Å². The summed E-state index contributed by atoms with van der Waals surface area (Å²) >= 11 is 2.69. The number of unbranched alkanes of at least 4 members (excludes halogenated alkanes) is 2. The van der Waals surface area contributed by atoms with Crippen molar-refractivity contribution in [2.75, 3.05) is 50.2 Å². The van der Waals surface area contributed by atoms with Gasteiger partial charge in [-0.1, -0.05) is 62.6 Å². The van der Waals surface area contributed by atoms with Gasteiger partial charge in [-0.25, -0.2) is 9.97 Å². The summed E-state index contributed by atoms with van der Waals surface area (Å²) in [6, 6.07) is 13.5. The number of aliphatic hydroxyl groups excluding tert-OH is 19. The van der Waals surface area contributed by atoms with Gasteiger partial charge in [-0.05, 0) is 53.5 Å². The van der Waals surface area contributed by atoms with Crippen molar-refractivity contribution in [1.82, 2.24) is 15.3 Å². The van der Waals surface area contributed by atoms with Crippen LogP contribution in [0.2, 0.25) is 0 Å². The zero-order valence-electron chi connectivity index (χ0n) is 64.4. The second-order valence-corrected chi connectivity index (χ2v) is 33.6. The van der Waals surface area contributed by atoms with Gasteiger partial charge in [0.1, 0.15) is 175 Å². The zero-order valence-corrected chi connectivity index (χ0v) is 66.0. The predicted octanol–water partition coefficient (Wildman–Crippen LogP) is -6.04. The Morgan fingerprint density at radius 1 is 0.437 bits per heavy atom. The van der Waals surface area contributed by atoms with Crippen LogP contribution in [-0.2, 0) is 104 Å². The molecule has 660 valence electrons. The molecule has 24 aliphatic rings. The zero-order chi connectivity index (χ0) is 84.1. The maximum Gasteiger partial charge on any atom is 0.187 e. The number of benzene rings is 4. The highest BCUT2D eigenvalue weighted by atomic mass is 32.1. The summed E-state index contributed by atoms with van der Waals surface area (Å²) < 4.78 is 85.2. The molecule has 0 spiro atoms. The van der Waals surface area contributed by atoms with Crippen LogP contribution in [0, 0.1) is 0 Å². The second kappa shape index (κ2) is 38.5. The fraction of sp³-hybridized carbons (Fsp3) is 0.701. The molecule has 2 aromatic heterocycles. The summed E-state index contributed by atoms with van der Waals surface area (Å²) in [7, 11) is 0. The van der Waals surface area contributed by atoms with Crippen molar-refractivity contribution in [3.8, 4) is 0 Å². The number of aryl methyl sites for hydroxylation is 1. The number of carbonyl (C=O) groups is 1. The van der Waals surface area contributed by atoms with Crippen molar-refractivity contribution in [3.63, 3.8) is 0 Å². The van der Waals surface area contributed by atoms with E-state index < -0.39 is 254 Å². The molecule has 0 saturated carbocycles. The Morgan fingerprint density at radius 3 is 1.20 bits per heavy atom. The van der Waals surface area contributed by atoms with Crippen LogP contribution in [0.4, 0.5) is 11.4 Å². The van der Waals surface area contributed by atoms with E-state index >= 15 is 0 Å². The van der Waals surface area contributed by atoms with Crippen molar-refractivity contribution < 1.29 is 168 Å². The maximum absolute atomic E-state index is 13.6. The quantitative estimate of drug-likeness (QED) is 0.0401. The third-order valence-corrected chi connectivity index (χ3v) is 25.5. The number of nitrogens with two attached hydrogens (primary N) is 1. The summed E-state index contributed by atoms with van der Waals surface area (Å²) in [6.07, 6.45) is -65.9. The summed E-state index contributed by atoms with van der Waals surface area (Å²) in [4.78, 5) is 23.5. The Morgan fingerprint density at radius 2 is 0.798 bits per heavy atom. The number of carbonyl (C=O) groups excluding carboxylic acids is 1. The number of nitrogens with zero attached hydrogens (tertiary/aromatic N) is 2. The molecular weight excluding hydrogens is 1620 g/mol. The monoisotopic (exact) mass is 1720 g/mol. The molecule has 40 nitrogen and oxygen atoms in total. The van der Waals surface area contributed by atoms with Crippen LogP contribution < -0.4 is 21.7 Å². The van der Waals surface area contributed by atoms with E-state index in [2.05, 4.69) is 22.9 Å². The number of anilines is 2. The van der Waals surface area contributed by atoms with Crippen molar-refractivity contribution in [3.05, 3.63) is 80.2 Å². The minimum absolute atomic E-state index is 0.0158. The van der Waals surface area contributed by atoms with Gasteiger partial charge in [-0.2, -0.15) is 0 Å². The molecule has 0 aliphatic carbocycles. The lowest BCUT2D eigenvalue weighted by Gasteiger charge is -2.50. The van der Waals surface area contributed by atoms with Crippen LogP contribution in [-0.4, -0.2) is 373 Å². The van der Waals surface area contributed by atoms with Crippen molar-refractivity contribution in [2.45, 2.75) is 299 Å². The number of ether oxygens (including phenoxy) is 14. The van der Waals surface area contributed by atoms with Gasteiger partial charge in [-0.15, -0.1) is 22.7 Å². The third kappa shape index (κ3) is 18.3. The van der Waals surface area contributed by atoms with E-state index in [1.165, 1.54) is 22.7 Å². The number of rotatable bonds is 12. The van der Waals surface area contributed by atoms with Gasteiger partial charge in [0.25, 0.3) is 0 Å². The third-order valence-electron chi connectivity index (χ3n) is 23.7. The Kier molecular flexibility index (Phi) is 28.7. The van der Waals surface area contributed by atoms with Crippen molar-refractivity contribution in [1.29, 1.82) is 0 Å². The lowest BCUT2D eigenvalue weighted by Crippen LogP contribution is -2.68. The molecule has 6 aromatic rings. The molecule has 36 atom stereocenters. The van der Waals surface area contributed by atoms with Crippen LogP contribution in [0.1, 0.15) is 72.4 Å². The predicted molar refractivity (Wildman–Crippen MR) is 409 cm³/mol. The smallest absolute Gasteiger partial charge is 0.187 e. The van der Waals surface area contributed by atoms with Crippen molar-refractivity contribution in [2.24, 2.45) is 5.73 Å². The normalized spacial score (nSPS) is 41.5. The van der Waals surface area contributed by atoms with Gasteiger partial charge < -0.3 is 185 Å². The summed E-state index contributed by atoms with van der Waals surface area (Å²) in [5.41, 5.74) is 9.82. The molecule has 36 unspecified atom stereocenters. The first kappa shape index (κ1) is 88.9. The minimum Gasteiger partial charge on any atom is -0.394 e. The molecule has 24 N–H and O–H groups in total. The van der Waals surface area contributed by atoms with Crippen molar-refractivity contribution >= 4 is 72.1 Å². The number of Topliss-reactive ketones (excluding diaryl/α,β-unsaturated/α-hetero) is 1. The van der Waals surface area contributed by atoms with Gasteiger partial charge in [0.15, 0.2) is 49.8 Å². The average Bonchev–Trinajstić information content (AvgIpc) is 1.51. The Hall–Kier alpha value is -4.95. The van der Waals surface area contributed by atoms with Gasteiger partial charge in [0.05, 0.1) is 69.7 Å². The molecule has 26 heterocycles. The molecule has 4 aromatic carbocycles. The molecule has 24 aliphatic heterocycles. The van der Waals surface area contributed by atoms with E-state index in [1.54, 1.807) is 5.38 Å². The molecule has 30 rings (SSSR count). The SMILES string of the molecule is CCCCCC(N)C(=O)Cc1cc2ccc3c4cc(c5ccc(c1)c2c35)NCc1nc(cs1)CNCC1OC2OC3C(CO)OC(OC5C(CO)OC(OC6C(CCCc7csc(n7)CN4)OC(OC4C(CO)OC(OC7C(CO)OC(OC8C(CO)OC(OC1C(O)C2O)C(O)C8O)C(O)C7O)C(O)C4O)C(O)C6O)C(O)C5O)C(O)C3O. The molecule has 119 heavy (non-hydrogen) atoms. The van der Waals surface area contributed by atoms with E-state index in [0.717, 1.165) is 68.5 Å². The number of thiazole rings is 2. The highest BCUT2D eigenvalue weighted by Crippen LogP contribution is 2.45. The molecule has 22 bridgehead atoms. The molecule has 0 amide bonds. The van der Waals surface area contributed by atoms with Gasteiger partial charge in [-0.3, -0.25) is 4.79 Å². The average molecular weight is 1720 g/mol. The second-order valence-electron chi connectivity index (χ2n) is 31.7. The van der Waals surface area contributed by atoms with Gasteiger partial charge >= 0.3 is 0 Å². The summed E-state index contributed by atoms with van der Waals surface area (Å²) in [5, 5.41) is 242. The highest BCUT2D eigenvalue weighted by Gasteiger charge is 2.60. The maximum atomic E-state index is 13.6. The first-order chi connectivity index (χ1) is 57.3. The van der Waals surface area contributed by atoms with Crippen LogP contribution in [0.5, 0.6) is 0 Å². The molecule has 0 radical (unpaired) electrons. The van der Waals surface area contributed by atoms with Crippen LogP contribution >= 0.6 is 22.7 Å². The summed E-state index contributed by atoms with van der Waals surface area (Å²) in [5.74, 6) is -0.0484. The molecule has 21 saturated heterocycles. The van der Waals surface area contributed by atoms with E-state index in [1.807, 2.05) is 47.8 Å². The number of ketones is 1. The number of aliphatic hydroxyl groups is 19. The van der Waals surface area contributed by atoms with E-state index in [0.29, 0.717) is 27.8 Å². The van der Waals surface area contributed by atoms with E-state index in [9.17, 15) is 102 Å². The number of aromatic nitrogens is 2. The number of nitrogens with one attached hydrogen (secondary N) is 3. The topological polar surface area (TPSA) is 619 Å². The first-order valence-electron chi connectivity index (χ1n) is 40.1. The van der Waals surface area contributed by atoms with E-state index in [4.69, 9.17) is 82.0 Å². The highest BCUT2D eigenvalue weighted by molar-refractivity contribution is 7.10. The Balaban J connectivity index is 0.797. The Bertz CT molecular complexity index is 4160. The molecule has 42 heteroatoms. The lowest BCUT2D eigenvalue weighted by molar-refractivity contribution is -0.396. The van der Waals surface area contributed by atoms with Crippen LogP contribution in [0.25, 0.3) is 32.3 Å². The number of hydrogen-bond acceptors (Lipinski definition) is 42. The van der Waals surface area contributed by atoms with Crippen LogP contribution in [0.15, 0.2) is 53.2 Å². The Labute approximate surface area is 687 Å². The standard InChI is InChI=1S/C77H106N6O34S2/c1-2-3-4-7-35(78)38(89)15-28-13-29-9-11-33-36-16-37(34-12-10-30(14-28)48(29)49(33)34)81-20-47-83-32(27-119-47)17-79-18-40-65-51(91)58(98)72(105-40)114-67-42(22-85)109-76(62(102)55(67)95)115-68-43(23-86)106-73(59(99)52(68)92)111-64-39(8-5-6-31-26-118-46(82-31)19-80-36)104-71(57(97)50(64)90)113-66-41(21-84)108-75(61(101)54(66)94)117-70-45(25-88)110-77(63(103)56(70)96)116-69-44(24-87)107-74(112-65)60(100)53(69)93/h9-14,16,26-27,35,39-45,50-77,79-81,84-88,90-103H,2-8,15,17-25,78H2,1H3. The molecular formula is C77H106N6O34S2. The molecule has 21 fully saturated rings. The lowest BCUT2D eigenvalue weighted by atomic mass is 9.90. The van der Waals surface area contributed by atoms with Crippen LogP contribution in [0.3, 0.4) is 0 Å². The first-order valence-corrected chi connectivity index (χ1v) is 41.9. The largest absolute Gasteiger partial charge is 0.394 e. The fourth-order valence-corrected chi connectivity index (χ4v) is 18.7.